The van der Waals surface area contributed by atoms with E-state index in [4.69, 9.17) is 10.5 Å². The van der Waals surface area contributed by atoms with Gasteiger partial charge in [-0.1, -0.05) is 0 Å². The van der Waals surface area contributed by atoms with Crippen LogP contribution in [0.2, 0.25) is 0 Å². The highest BCUT2D eigenvalue weighted by atomic mass is 32.1. The summed E-state index contributed by atoms with van der Waals surface area (Å²) in [6.45, 7) is 5.33. The Bertz CT molecular complexity index is 699. The van der Waals surface area contributed by atoms with Crippen LogP contribution in [-0.4, -0.2) is 78.6 Å². The van der Waals surface area contributed by atoms with E-state index in [1.54, 1.807) is 5.38 Å². The van der Waals surface area contributed by atoms with Crippen LogP contribution in [-0.2, 0) is 9.53 Å². The molecule has 0 bridgehead atoms. The largest absolute Gasteiger partial charge is 0.375 e. The maximum absolute atomic E-state index is 12.3. The number of nitrogens with one attached hydrogen (secondary N) is 1. The molecule has 3 N–H and O–H groups in total. The Morgan fingerprint density at radius 3 is 2.68 bits per heavy atom. The molecule has 2 aliphatic heterocycles. The average molecular weight is 408 g/mol. The molecule has 2 amide bonds. The molecule has 1 aromatic heterocycles. The Balaban J connectivity index is 1.21. The van der Waals surface area contributed by atoms with Crippen molar-refractivity contribution in [3.63, 3.8) is 0 Å². The molecule has 8 nitrogen and oxygen atoms in total. The number of ether oxygens (including phenoxy) is 1. The van der Waals surface area contributed by atoms with Crippen LogP contribution in [0.25, 0.3) is 0 Å². The van der Waals surface area contributed by atoms with E-state index in [2.05, 4.69) is 15.2 Å². The van der Waals surface area contributed by atoms with Crippen LogP contribution in [0.5, 0.6) is 0 Å². The predicted molar refractivity (Wildman–Crippen MR) is 107 cm³/mol. The number of carbonyl (C=O) groups is 2. The first-order chi connectivity index (χ1) is 13.6. The van der Waals surface area contributed by atoms with Crippen molar-refractivity contribution in [1.82, 2.24) is 20.1 Å². The molecule has 1 aromatic rings. The van der Waals surface area contributed by atoms with Crippen molar-refractivity contribution in [1.29, 1.82) is 0 Å². The Labute approximate surface area is 169 Å². The normalized spacial score (nSPS) is 24.5. The topological polar surface area (TPSA) is 101 Å². The molecule has 3 fully saturated rings. The Morgan fingerprint density at radius 2 is 2.00 bits per heavy atom. The van der Waals surface area contributed by atoms with Gasteiger partial charge in [0.25, 0.3) is 5.91 Å². The summed E-state index contributed by atoms with van der Waals surface area (Å²) in [5, 5.41) is 4.84. The van der Waals surface area contributed by atoms with Crippen LogP contribution in [0.4, 0.5) is 5.13 Å². The summed E-state index contributed by atoms with van der Waals surface area (Å²) >= 11 is 1.24. The highest BCUT2D eigenvalue weighted by Gasteiger charge is 2.31. The van der Waals surface area contributed by atoms with E-state index in [0.29, 0.717) is 29.8 Å². The number of hydrogen-bond donors (Lipinski definition) is 2. The van der Waals surface area contributed by atoms with Crippen LogP contribution in [0.15, 0.2) is 5.38 Å². The third-order valence-electron chi connectivity index (χ3n) is 5.86. The third-order valence-corrected chi connectivity index (χ3v) is 6.54. The molecule has 9 heteroatoms. The van der Waals surface area contributed by atoms with Gasteiger partial charge in [-0.25, -0.2) is 4.98 Å². The number of aromatic nitrogens is 1. The van der Waals surface area contributed by atoms with Gasteiger partial charge in [0, 0.05) is 31.6 Å². The van der Waals surface area contributed by atoms with Crippen molar-refractivity contribution in [2.24, 2.45) is 11.8 Å². The summed E-state index contributed by atoms with van der Waals surface area (Å²) < 4.78 is 5.61. The summed E-state index contributed by atoms with van der Waals surface area (Å²) in [7, 11) is 0. The van der Waals surface area contributed by atoms with Crippen LogP contribution in [0.3, 0.4) is 0 Å². The number of nitrogen functional groups attached to an aromatic ring is 1. The molecule has 4 rings (SSSR count). The fraction of sp³-hybridized carbons (Fsp3) is 0.737. The summed E-state index contributed by atoms with van der Waals surface area (Å²) in [6.07, 6.45) is 4.92. The van der Waals surface area contributed by atoms with Gasteiger partial charge in [-0.15, -0.1) is 11.3 Å². The number of carbonyl (C=O) groups excluding carboxylic acids is 2. The lowest BCUT2D eigenvalue weighted by atomic mass is 9.95. The smallest absolute Gasteiger partial charge is 0.270 e. The van der Waals surface area contributed by atoms with Gasteiger partial charge in [-0.05, 0) is 50.6 Å². The lowest BCUT2D eigenvalue weighted by molar-refractivity contribution is -0.149. The lowest BCUT2D eigenvalue weighted by Gasteiger charge is -2.38. The Hall–Kier alpha value is -1.71. The van der Waals surface area contributed by atoms with Crippen LogP contribution >= 0.6 is 11.3 Å². The van der Waals surface area contributed by atoms with E-state index < -0.39 is 0 Å². The van der Waals surface area contributed by atoms with Crippen molar-refractivity contribution in [2.75, 3.05) is 51.6 Å². The van der Waals surface area contributed by atoms with Gasteiger partial charge >= 0.3 is 0 Å². The fourth-order valence-electron chi connectivity index (χ4n) is 4.00. The Kier molecular flexibility index (Phi) is 6.13. The van der Waals surface area contributed by atoms with Crippen molar-refractivity contribution >= 4 is 28.3 Å². The molecule has 0 aromatic carbocycles. The zero-order valence-electron chi connectivity index (χ0n) is 16.1. The SMILES string of the molecule is Nc1nc(C(=O)NCC2CN(CC3CCN(CC4CC4)CC3)C(=O)CO2)cs1. The number of thiazole rings is 1. The minimum Gasteiger partial charge on any atom is -0.375 e. The third kappa shape index (κ3) is 5.21. The zero-order valence-corrected chi connectivity index (χ0v) is 17.0. The van der Waals surface area contributed by atoms with Gasteiger partial charge < -0.3 is 25.6 Å². The molecule has 28 heavy (non-hydrogen) atoms. The quantitative estimate of drug-likeness (QED) is 0.694. The average Bonchev–Trinajstić information content (AvgIpc) is 3.40. The first-order valence-corrected chi connectivity index (χ1v) is 11.1. The van der Waals surface area contributed by atoms with E-state index in [-0.39, 0.29) is 24.5 Å². The van der Waals surface area contributed by atoms with E-state index in [1.807, 2.05) is 4.90 Å². The number of likely N-dealkylation sites (tertiary alicyclic amines) is 1. The van der Waals surface area contributed by atoms with Gasteiger partial charge in [0.2, 0.25) is 5.91 Å². The highest BCUT2D eigenvalue weighted by Crippen LogP contribution is 2.31. The molecule has 0 radical (unpaired) electrons. The molecular formula is C19H29N5O3S. The highest BCUT2D eigenvalue weighted by molar-refractivity contribution is 7.13. The second-order valence-electron chi connectivity index (χ2n) is 8.20. The maximum atomic E-state index is 12.3. The number of hydrogen-bond acceptors (Lipinski definition) is 7. The van der Waals surface area contributed by atoms with E-state index in [0.717, 1.165) is 38.4 Å². The lowest BCUT2D eigenvalue weighted by Crippen LogP contribution is -2.52. The maximum Gasteiger partial charge on any atom is 0.270 e. The summed E-state index contributed by atoms with van der Waals surface area (Å²) in [6, 6.07) is 0. The molecule has 154 valence electrons. The van der Waals surface area contributed by atoms with Crippen molar-refractivity contribution in [3.05, 3.63) is 11.1 Å². The van der Waals surface area contributed by atoms with Crippen LogP contribution < -0.4 is 11.1 Å². The molecule has 1 aliphatic carbocycles. The van der Waals surface area contributed by atoms with E-state index >= 15 is 0 Å². The number of anilines is 1. The minimum atomic E-state index is -0.261. The minimum absolute atomic E-state index is 0.0512. The molecule has 1 atom stereocenters. The molecule has 3 heterocycles. The van der Waals surface area contributed by atoms with E-state index in [1.165, 1.54) is 30.7 Å². The fourth-order valence-corrected chi connectivity index (χ4v) is 4.54. The van der Waals surface area contributed by atoms with Crippen molar-refractivity contribution < 1.29 is 14.3 Å². The van der Waals surface area contributed by atoms with Gasteiger partial charge in [-0.2, -0.15) is 0 Å². The Morgan fingerprint density at radius 1 is 1.25 bits per heavy atom. The second kappa shape index (κ2) is 8.75. The molecule has 3 aliphatic rings. The number of rotatable bonds is 7. The van der Waals surface area contributed by atoms with Gasteiger partial charge in [-0.3, -0.25) is 9.59 Å². The summed E-state index contributed by atoms with van der Waals surface area (Å²) in [4.78, 5) is 32.9. The number of morpholine rings is 1. The summed E-state index contributed by atoms with van der Waals surface area (Å²) in [5.41, 5.74) is 5.89. The summed E-state index contributed by atoms with van der Waals surface area (Å²) in [5.74, 6) is 1.29. The van der Waals surface area contributed by atoms with Gasteiger partial charge in [0.1, 0.15) is 12.3 Å². The molecular weight excluding hydrogens is 378 g/mol. The standard InChI is InChI=1S/C19H29N5O3S/c20-19-22-16(12-28-19)18(26)21-7-15-10-24(17(25)11-27-15)9-14-3-5-23(6-4-14)8-13-1-2-13/h12-15H,1-11H2,(H2,20,22)(H,21,26). The number of nitrogens with zero attached hydrogens (tertiary/aromatic N) is 3. The zero-order chi connectivity index (χ0) is 19.5. The first-order valence-electron chi connectivity index (χ1n) is 10.2. The molecule has 1 saturated carbocycles. The van der Waals surface area contributed by atoms with Crippen LogP contribution in [0.1, 0.15) is 36.2 Å². The van der Waals surface area contributed by atoms with Crippen molar-refractivity contribution in [2.45, 2.75) is 31.8 Å². The molecule has 1 unspecified atom stereocenters. The number of amides is 2. The second-order valence-corrected chi connectivity index (χ2v) is 9.09. The van der Waals surface area contributed by atoms with E-state index in [9.17, 15) is 9.59 Å². The van der Waals surface area contributed by atoms with Crippen LogP contribution in [0, 0.1) is 11.8 Å². The van der Waals surface area contributed by atoms with Gasteiger partial charge in [0.15, 0.2) is 5.13 Å². The number of nitrogens with two attached hydrogens (primary N) is 1. The predicted octanol–water partition coefficient (Wildman–Crippen LogP) is 0.805. The van der Waals surface area contributed by atoms with Gasteiger partial charge in [0.05, 0.1) is 6.10 Å². The van der Waals surface area contributed by atoms with Crippen molar-refractivity contribution in [3.8, 4) is 0 Å². The number of piperidine rings is 1. The molecule has 0 spiro atoms. The molecule has 2 saturated heterocycles. The monoisotopic (exact) mass is 407 g/mol. The first kappa shape index (κ1) is 19.6.